The highest BCUT2D eigenvalue weighted by Gasteiger charge is 2.44. The first kappa shape index (κ1) is 24.7. The summed E-state index contributed by atoms with van der Waals surface area (Å²) in [5, 5.41) is 14.5. The molecule has 1 heterocycles. The third-order valence-corrected chi connectivity index (χ3v) is 6.44. The van der Waals surface area contributed by atoms with E-state index in [1.165, 1.54) is 0 Å². The number of carbonyl (C=O) groups excluding carboxylic acids is 2. The average molecular weight is 483 g/mol. The lowest BCUT2D eigenvalue weighted by molar-refractivity contribution is -0.140. The maximum atomic E-state index is 13.0. The number of carbonyl (C=O) groups is 3. The summed E-state index contributed by atoms with van der Waals surface area (Å²) in [6.45, 7) is 2.51. The van der Waals surface area contributed by atoms with Gasteiger partial charge in [0.1, 0.15) is 12.1 Å². The molecule has 1 aliphatic carbocycles. The largest absolute Gasteiger partial charge is 0.481 e. The smallest absolute Gasteiger partial charge is 0.408 e. The van der Waals surface area contributed by atoms with Crippen LogP contribution in [0.1, 0.15) is 36.8 Å². The van der Waals surface area contributed by atoms with Crippen LogP contribution in [0.25, 0.3) is 11.1 Å². The van der Waals surface area contributed by atoms with Gasteiger partial charge in [-0.3, -0.25) is 9.59 Å². The van der Waals surface area contributed by atoms with Gasteiger partial charge in [0.05, 0.1) is 19.1 Å². The summed E-state index contributed by atoms with van der Waals surface area (Å²) in [4.78, 5) is 36.9. The van der Waals surface area contributed by atoms with Gasteiger partial charge in [-0.15, -0.1) is 0 Å². The number of ether oxygens (including phenoxy) is 3. The molecule has 3 N–H and O–H groups in total. The van der Waals surface area contributed by atoms with E-state index < -0.39 is 29.6 Å². The summed E-state index contributed by atoms with van der Waals surface area (Å²) in [5.74, 6) is -1.58. The van der Waals surface area contributed by atoms with Crippen molar-refractivity contribution in [3.8, 4) is 11.1 Å². The molecule has 0 spiro atoms. The number of hydrogen-bond donors (Lipinski definition) is 3. The summed E-state index contributed by atoms with van der Waals surface area (Å²) in [7, 11) is 0. The van der Waals surface area contributed by atoms with E-state index in [1.54, 1.807) is 6.92 Å². The van der Waals surface area contributed by atoms with Crippen LogP contribution < -0.4 is 10.6 Å². The molecule has 0 bridgehead atoms. The summed E-state index contributed by atoms with van der Waals surface area (Å²) < 4.78 is 16.4. The normalized spacial score (nSPS) is 19.5. The third kappa shape index (κ3) is 5.47. The Labute approximate surface area is 203 Å². The number of alkyl carbamates (subject to hydrolysis) is 1. The second kappa shape index (κ2) is 10.9. The predicted octanol–water partition coefficient (Wildman–Crippen LogP) is 2.68. The topological polar surface area (TPSA) is 123 Å². The van der Waals surface area contributed by atoms with E-state index in [9.17, 15) is 14.4 Å². The zero-order valence-corrected chi connectivity index (χ0v) is 19.6. The first-order valence-corrected chi connectivity index (χ1v) is 11.8. The number of carboxylic acid groups (broad SMARTS) is 1. The molecule has 9 heteroatoms. The molecule has 0 radical (unpaired) electrons. The third-order valence-electron chi connectivity index (χ3n) is 6.44. The van der Waals surface area contributed by atoms with E-state index in [4.69, 9.17) is 19.3 Å². The molecule has 2 unspecified atom stereocenters. The van der Waals surface area contributed by atoms with Gasteiger partial charge in [0, 0.05) is 32.1 Å². The minimum atomic E-state index is -1.29. The van der Waals surface area contributed by atoms with Crippen LogP contribution in [0.2, 0.25) is 0 Å². The monoisotopic (exact) mass is 482 g/mol. The van der Waals surface area contributed by atoms with E-state index in [0.29, 0.717) is 13.2 Å². The molecule has 0 aromatic heterocycles. The van der Waals surface area contributed by atoms with Gasteiger partial charge in [0.15, 0.2) is 0 Å². The molecule has 2 aliphatic rings. The van der Waals surface area contributed by atoms with Crippen LogP contribution >= 0.6 is 0 Å². The number of rotatable bonds is 10. The molecule has 2 aromatic carbocycles. The zero-order chi connectivity index (χ0) is 24.8. The summed E-state index contributed by atoms with van der Waals surface area (Å²) in [6.07, 6.45) is -1.34. The van der Waals surface area contributed by atoms with Crippen molar-refractivity contribution in [3.05, 3.63) is 59.7 Å². The molecule has 4 rings (SSSR count). The van der Waals surface area contributed by atoms with Gasteiger partial charge in [0.2, 0.25) is 5.91 Å². The zero-order valence-electron chi connectivity index (χ0n) is 19.6. The molecule has 186 valence electrons. The number of nitrogens with one attached hydrogen (secondary N) is 2. The standard InChI is InChI=1S/C26H30N2O7/c1-2-34-17(13-23(29)30)14-27-24(31)26(11-12-33-16-26)28-25(32)35-15-22-20-9-5-3-7-18(20)19-8-4-6-10-21(19)22/h3-10,17,22H,2,11-16H2,1H3,(H,27,31)(H,28,32)(H,29,30). The summed E-state index contributed by atoms with van der Waals surface area (Å²) in [6, 6.07) is 16.1. The number of hydrogen-bond acceptors (Lipinski definition) is 6. The van der Waals surface area contributed by atoms with Crippen LogP contribution in [0.4, 0.5) is 4.79 Å². The molecule has 2 aromatic rings. The number of amides is 2. The van der Waals surface area contributed by atoms with E-state index >= 15 is 0 Å². The Kier molecular flexibility index (Phi) is 7.67. The van der Waals surface area contributed by atoms with Gasteiger partial charge >= 0.3 is 12.1 Å². The van der Waals surface area contributed by atoms with Crippen molar-refractivity contribution in [1.29, 1.82) is 0 Å². The number of aliphatic carboxylic acids is 1. The first-order chi connectivity index (χ1) is 16.9. The highest BCUT2D eigenvalue weighted by Crippen LogP contribution is 2.44. The van der Waals surface area contributed by atoms with Crippen molar-refractivity contribution >= 4 is 18.0 Å². The maximum absolute atomic E-state index is 13.0. The molecule has 9 nitrogen and oxygen atoms in total. The highest BCUT2D eigenvalue weighted by molar-refractivity contribution is 5.90. The van der Waals surface area contributed by atoms with Crippen molar-refractivity contribution in [3.63, 3.8) is 0 Å². The average Bonchev–Trinajstić information content (AvgIpc) is 3.44. The van der Waals surface area contributed by atoms with Gasteiger partial charge in [0.25, 0.3) is 0 Å². The quantitative estimate of drug-likeness (QED) is 0.476. The highest BCUT2D eigenvalue weighted by atomic mass is 16.6. The Morgan fingerprint density at radius 2 is 1.77 bits per heavy atom. The Hall–Kier alpha value is -3.43. The number of fused-ring (bicyclic) bond motifs is 3. The van der Waals surface area contributed by atoms with E-state index in [0.717, 1.165) is 22.3 Å². The molecule has 2 atom stereocenters. The lowest BCUT2D eigenvalue weighted by Gasteiger charge is -2.28. The van der Waals surface area contributed by atoms with Crippen molar-refractivity contribution in [2.75, 3.05) is 33.0 Å². The Morgan fingerprint density at radius 1 is 1.11 bits per heavy atom. The SMILES string of the molecule is CCOC(CNC(=O)C1(NC(=O)OCC2c3ccccc3-c3ccccc32)CCOC1)CC(=O)O. The molecule has 35 heavy (non-hydrogen) atoms. The van der Waals surface area contributed by atoms with Crippen LogP contribution in [0, 0.1) is 0 Å². The fraction of sp³-hybridized carbons (Fsp3) is 0.423. The minimum absolute atomic E-state index is 0.00125. The lowest BCUT2D eigenvalue weighted by Crippen LogP contribution is -2.60. The van der Waals surface area contributed by atoms with E-state index in [-0.39, 0.29) is 38.5 Å². The minimum Gasteiger partial charge on any atom is -0.481 e. The van der Waals surface area contributed by atoms with E-state index in [1.807, 2.05) is 36.4 Å². The molecule has 0 saturated carbocycles. The van der Waals surface area contributed by atoms with Gasteiger partial charge in [-0.25, -0.2) is 4.79 Å². The lowest BCUT2D eigenvalue weighted by atomic mass is 9.97. The Bertz CT molecular complexity index is 1040. The fourth-order valence-electron chi connectivity index (χ4n) is 4.73. The maximum Gasteiger partial charge on any atom is 0.408 e. The molecular weight excluding hydrogens is 452 g/mol. The second-order valence-corrected chi connectivity index (χ2v) is 8.72. The van der Waals surface area contributed by atoms with Crippen molar-refractivity contribution < 1.29 is 33.7 Å². The number of carboxylic acids is 1. The van der Waals surface area contributed by atoms with Gasteiger partial charge in [-0.2, -0.15) is 0 Å². The van der Waals surface area contributed by atoms with Gasteiger partial charge in [-0.05, 0) is 29.2 Å². The molecule has 1 fully saturated rings. The predicted molar refractivity (Wildman–Crippen MR) is 127 cm³/mol. The van der Waals surface area contributed by atoms with Crippen LogP contribution in [-0.4, -0.2) is 67.7 Å². The fourth-order valence-corrected chi connectivity index (χ4v) is 4.73. The first-order valence-electron chi connectivity index (χ1n) is 11.8. The molecular formula is C26H30N2O7. The second-order valence-electron chi connectivity index (χ2n) is 8.72. The van der Waals surface area contributed by atoms with Crippen LogP contribution in [0.15, 0.2) is 48.5 Å². The van der Waals surface area contributed by atoms with Gasteiger partial charge < -0.3 is 30.0 Å². The molecule has 1 aliphatic heterocycles. The Balaban J connectivity index is 1.39. The molecule has 1 saturated heterocycles. The van der Waals surface area contributed by atoms with Crippen LogP contribution in [0.5, 0.6) is 0 Å². The summed E-state index contributed by atoms with van der Waals surface area (Å²) >= 11 is 0. The van der Waals surface area contributed by atoms with Crippen molar-refractivity contribution in [2.24, 2.45) is 0 Å². The van der Waals surface area contributed by atoms with E-state index in [2.05, 4.69) is 22.8 Å². The van der Waals surface area contributed by atoms with Crippen LogP contribution in [-0.2, 0) is 23.8 Å². The van der Waals surface area contributed by atoms with Crippen LogP contribution in [0.3, 0.4) is 0 Å². The van der Waals surface area contributed by atoms with Gasteiger partial charge in [-0.1, -0.05) is 48.5 Å². The molecule has 2 amide bonds. The number of benzene rings is 2. The van der Waals surface area contributed by atoms with Crippen molar-refractivity contribution in [2.45, 2.75) is 37.3 Å². The summed E-state index contributed by atoms with van der Waals surface area (Å²) in [5.41, 5.74) is 3.16. The van der Waals surface area contributed by atoms with Crippen molar-refractivity contribution in [1.82, 2.24) is 10.6 Å². The Morgan fingerprint density at radius 3 is 2.34 bits per heavy atom.